The first-order chi connectivity index (χ1) is 11.7. The predicted octanol–water partition coefficient (Wildman–Crippen LogP) is 4.49. The van der Waals surface area contributed by atoms with Gasteiger partial charge in [0.15, 0.2) is 0 Å². The number of thioether (sulfide) groups is 1. The van der Waals surface area contributed by atoms with Crippen molar-refractivity contribution in [2.24, 2.45) is 0 Å². The molecule has 0 atom stereocenters. The summed E-state index contributed by atoms with van der Waals surface area (Å²) in [5, 5.41) is -0.289. The van der Waals surface area contributed by atoms with Crippen molar-refractivity contribution in [2.75, 3.05) is 11.5 Å². The lowest BCUT2D eigenvalue weighted by molar-refractivity contribution is -0.113. The highest BCUT2D eigenvalue weighted by Gasteiger charge is 2.36. The zero-order valence-electron chi connectivity index (χ0n) is 12.8. The van der Waals surface area contributed by atoms with Gasteiger partial charge in [-0.2, -0.15) is 0 Å². The molecule has 2 aromatic rings. The number of rotatable bonds is 5. The van der Waals surface area contributed by atoms with Crippen LogP contribution in [0, 0.1) is 0 Å². The normalized spacial score (nSPS) is 15.8. The van der Waals surface area contributed by atoms with Crippen LogP contribution < -0.4 is 9.64 Å². The van der Waals surface area contributed by atoms with E-state index in [2.05, 4.69) is 6.58 Å². The minimum atomic E-state index is -0.303. The zero-order chi connectivity index (χ0) is 16.9. The summed E-state index contributed by atoms with van der Waals surface area (Å²) in [6.07, 6.45) is 3.39. The predicted molar refractivity (Wildman–Crippen MR) is 97.0 cm³/mol. The van der Waals surface area contributed by atoms with Gasteiger partial charge < -0.3 is 4.74 Å². The molecule has 4 nitrogen and oxygen atoms in total. The lowest BCUT2D eigenvalue weighted by Gasteiger charge is -2.11. The molecule has 1 aliphatic rings. The van der Waals surface area contributed by atoms with Gasteiger partial charge in [0, 0.05) is 0 Å². The Labute approximate surface area is 144 Å². The first-order valence-electron chi connectivity index (χ1n) is 7.36. The average Bonchev–Trinajstić information content (AvgIpc) is 2.88. The summed E-state index contributed by atoms with van der Waals surface area (Å²) in [4.78, 5) is 26.3. The van der Waals surface area contributed by atoms with Crippen molar-refractivity contribution in [3.05, 3.63) is 77.7 Å². The van der Waals surface area contributed by atoms with E-state index in [9.17, 15) is 9.59 Å². The van der Waals surface area contributed by atoms with Crippen LogP contribution in [0.15, 0.2) is 72.2 Å². The molecule has 0 aliphatic carbocycles. The lowest BCUT2D eigenvalue weighted by Crippen LogP contribution is -2.27. The number of amides is 2. The molecule has 3 rings (SSSR count). The highest BCUT2D eigenvalue weighted by Crippen LogP contribution is 2.35. The maximum absolute atomic E-state index is 12.5. The van der Waals surface area contributed by atoms with Crippen molar-refractivity contribution >= 4 is 34.7 Å². The van der Waals surface area contributed by atoms with E-state index in [0.717, 1.165) is 23.1 Å². The van der Waals surface area contributed by atoms with Crippen molar-refractivity contribution in [2.45, 2.75) is 0 Å². The van der Waals surface area contributed by atoms with Crippen molar-refractivity contribution in [1.29, 1.82) is 0 Å². The number of carbonyl (C=O) groups excluding carboxylic acids is 2. The van der Waals surface area contributed by atoms with Gasteiger partial charge in [0.2, 0.25) is 0 Å². The third-order valence-electron chi connectivity index (χ3n) is 3.35. The van der Waals surface area contributed by atoms with Crippen molar-refractivity contribution < 1.29 is 14.3 Å². The molecule has 0 saturated carbocycles. The standard InChI is InChI=1S/C19H15NO3S/c1-2-12-23-16-10-8-14(9-11-16)13-17-18(21)20(19(22)24-17)15-6-4-3-5-7-15/h2-11,13H,1,12H2/b17-13+. The molecule has 5 heteroatoms. The minimum absolute atomic E-state index is 0.289. The molecule has 0 N–H and O–H groups in total. The van der Waals surface area contributed by atoms with E-state index < -0.39 is 0 Å². The van der Waals surface area contributed by atoms with Gasteiger partial charge in [-0.05, 0) is 47.7 Å². The molecule has 1 fully saturated rings. The second-order valence-corrected chi connectivity index (χ2v) is 6.01. The topological polar surface area (TPSA) is 46.6 Å². The number of carbonyl (C=O) groups is 2. The van der Waals surface area contributed by atoms with Gasteiger partial charge in [0.1, 0.15) is 12.4 Å². The maximum Gasteiger partial charge on any atom is 0.298 e. The first-order valence-corrected chi connectivity index (χ1v) is 8.17. The van der Waals surface area contributed by atoms with E-state index in [1.54, 1.807) is 36.4 Å². The first kappa shape index (κ1) is 16.1. The molecular weight excluding hydrogens is 322 g/mol. The molecule has 0 radical (unpaired) electrons. The molecule has 2 amide bonds. The molecule has 24 heavy (non-hydrogen) atoms. The van der Waals surface area contributed by atoms with Crippen LogP contribution in [0.4, 0.5) is 10.5 Å². The van der Waals surface area contributed by atoms with Crippen LogP contribution in [0.5, 0.6) is 5.75 Å². The van der Waals surface area contributed by atoms with Gasteiger partial charge in [-0.1, -0.05) is 43.0 Å². The molecule has 1 aliphatic heterocycles. The number of para-hydroxylation sites is 1. The quantitative estimate of drug-likeness (QED) is 0.596. The van der Waals surface area contributed by atoms with Crippen molar-refractivity contribution in [1.82, 2.24) is 0 Å². The summed E-state index contributed by atoms with van der Waals surface area (Å²) in [5.41, 5.74) is 1.41. The second-order valence-electron chi connectivity index (χ2n) is 5.02. The number of hydrogen-bond donors (Lipinski definition) is 0. The Kier molecular flexibility index (Phi) is 4.82. The Bertz CT molecular complexity index is 797. The smallest absolute Gasteiger partial charge is 0.298 e. The van der Waals surface area contributed by atoms with Gasteiger partial charge in [0.05, 0.1) is 10.6 Å². The van der Waals surface area contributed by atoms with Crippen LogP contribution in [0.1, 0.15) is 5.56 Å². The number of anilines is 1. The van der Waals surface area contributed by atoms with Crippen LogP contribution in [-0.2, 0) is 4.79 Å². The molecule has 120 valence electrons. The number of benzene rings is 2. The van der Waals surface area contributed by atoms with E-state index >= 15 is 0 Å². The molecule has 1 saturated heterocycles. The Morgan fingerprint density at radius 3 is 2.42 bits per heavy atom. The average molecular weight is 337 g/mol. The Hall–Kier alpha value is -2.79. The Morgan fingerprint density at radius 1 is 1.04 bits per heavy atom. The van der Waals surface area contributed by atoms with E-state index in [0.29, 0.717) is 17.2 Å². The summed E-state index contributed by atoms with van der Waals surface area (Å²) in [6, 6.07) is 16.2. The summed E-state index contributed by atoms with van der Waals surface area (Å²) in [7, 11) is 0. The van der Waals surface area contributed by atoms with Gasteiger partial charge >= 0.3 is 0 Å². The zero-order valence-corrected chi connectivity index (χ0v) is 13.7. The van der Waals surface area contributed by atoms with Gasteiger partial charge in [-0.25, -0.2) is 4.90 Å². The fourth-order valence-electron chi connectivity index (χ4n) is 2.23. The van der Waals surface area contributed by atoms with E-state index in [-0.39, 0.29) is 11.1 Å². The molecule has 0 aromatic heterocycles. The largest absolute Gasteiger partial charge is 0.490 e. The van der Waals surface area contributed by atoms with Crippen molar-refractivity contribution in [3.8, 4) is 5.75 Å². The maximum atomic E-state index is 12.5. The Balaban J connectivity index is 1.80. The highest BCUT2D eigenvalue weighted by atomic mass is 32.2. The van der Waals surface area contributed by atoms with Crippen LogP contribution >= 0.6 is 11.8 Å². The fourth-order valence-corrected chi connectivity index (χ4v) is 3.08. The Morgan fingerprint density at radius 2 is 1.75 bits per heavy atom. The molecule has 2 aromatic carbocycles. The second kappa shape index (κ2) is 7.19. The number of imide groups is 1. The van der Waals surface area contributed by atoms with Crippen molar-refractivity contribution in [3.63, 3.8) is 0 Å². The minimum Gasteiger partial charge on any atom is -0.490 e. The highest BCUT2D eigenvalue weighted by molar-refractivity contribution is 8.19. The van der Waals surface area contributed by atoms with Gasteiger partial charge in [-0.3, -0.25) is 9.59 Å². The summed E-state index contributed by atoms with van der Waals surface area (Å²) in [5.74, 6) is 0.424. The van der Waals surface area contributed by atoms with Gasteiger partial charge in [0.25, 0.3) is 11.1 Å². The summed E-state index contributed by atoms with van der Waals surface area (Å²) < 4.78 is 5.42. The molecule has 1 heterocycles. The third kappa shape index (κ3) is 3.41. The van der Waals surface area contributed by atoms with E-state index in [1.165, 1.54) is 4.90 Å². The molecule has 0 spiro atoms. The monoisotopic (exact) mass is 337 g/mol. The fraction of sp³-hybridized carbons (Fsp3) is 0.0526. The van der Waals surface area contributed by atoms with E-state index in [4.69, 9.17) is 4.74 Å². The lowest BCUT2D eigenvalue weighted by atomic mass is 10.2. The summed E-state index contributed by atoms with van der Waals surface area (Å²) >= 11 is 0.944. The van der Waals surface area contributed by atoms with Crippen LogP contribution in [-0.4, -0.2) is 17.8 Å². The molecule has 0 unspecified atom stereocenters. The van der Waals surface area contributed by atoms with Gasteiger partial charge in [-0.15, -0.1) is 0 Å². The third-order valence-corrected chi connectivity index (χ3v) is 4.22. The number of nitrogens with zero attached hydrogens (tertiary/aromatic N) is 1. The van der Waals surface area contributed by atoms with Crippen LogP contribution in [0.2, 0.25) is 0 Å². The van der Waals surface area contributed by atoms with E-state index in [1.807, 2.05) is 30.3 Å². The number of ether oxygens (including phenoxy) is 1. The molecular formula is C19H15NO3S. The number of hydrogen-bond acceptors (Lipinski definition) is 4. The summed E-state index contributed by atoms with van der Waals surface area (Å²) in [6.45, 7) is 4.04. The SMILES string of the molecule is C=CCOc1ccc(/C=C2/SC(=O)N(c3ccccc3)C2=O)cc1. The molecule has 0 bridgehead atoms. The van der Waals surface area contributed by atoms with Crippen LogP contribution in [0.25, 0.3) is 6.08 Å². The van der Waals surface area contributed by atoms with Crippen LogP contribution in [0.3, 0.4) is 0 Å².